The number of carboxylic acids is 1. The molecule has 0 atom stereocenters. The Bertz CT molecular complexity index is 761. The minimum atomic E-state index is -0.965. The van der Waals surface area contributed by atoms with Gasteiger partial charge >= 0.3 is 12.0 Å². The van der Waals surface area contributed by atoms with Crippen molar-refractivity contribution in [1.29, 1.82) is 0 Å². The molecule has 2 aromatic rings. The Morgan fingerprint density at radius 2 is 1.71 bits per heavy atom. The molecule has 0 aliphatic heterocycles. The van der Waals surface area contributed by atoms with Crippen LogP contribution in [0.1, 0.15) is 12.0 Å². The second-order valence-electron chi connectivity index (χ2n) is 4.87. The molecule has 0 saturated heterocycles. The highest BCUT2D eigenvalue weighted by Gasteiger charge is 2.14. The van der Waals surface area contributed by atoms with E-state index in [1.165, 1.54) is 0 Å². The molecule has 0 bridgehead atoms. The van der Waals surface area contributed by atoms with E-state index in [1.807, 2.05) is 0 Å². The number of rotatable bonds is 5. The summed E-state index contributed by atoms with van der Waals surface area (Å²) in [5.41, 5.74) is 0.402. The van der Waals surface area contributed by atoms with Crippen molar-refractivity contribution in [2.75, 3.05) is 10.6 Å². The summed E-state index contributed by atoms with van der Waals surface area (Å²) in [6, 6.07) is 7.82. The first-order valence-corrected chi connectivity index (χ1v) is 7.68. The van der Waals surface area contributed by atoms with E-state index in [9.17, 15) is 18.4 Å². The van der Waals surface area contributed by atoms with Crippen LogP contribution in [0.25, 0.3) is 0 Å². The third-order valence-electron chi connectivity index (χ3n) is 3.12. The Labute approximate surface area is 144 Å². The van der Waals surface area contributed by atoms with Gasteiger partial charge in [0, 0.05) is 16.6 Å². The number of aryl methyl sites for hydroxylation is 1. The minimum absolute atomic E-state index is 0.101. The first-order chi connectivity index (χ1) is 11.4. The molecule has 0 fully saturated rings. The number of anilines is 2. The standard InChI is InChI=1S/C16H13BrF2N2O3/c17-10-7-11(18)15(12(19)8-10)21-16(24)20-13-4-2-1-3-9(13)5-6-14(22)23/h1-4,7-8H,5-6H2,(H,22,23)(H2,20,21,24). The second-order valence-corrected chi connectivity index (χ2v) is 5.79. The Morgan fingerprint density at radius 3 is 2.33 bits per heavy atom. The number of carbonyl (C=O) groups is 2. The number of carbonyl (C=O) groups excluding carboxylic acids is 1. The summed E-state index contributed by atoms with van der Waals surface area (Å²) < 4.78 is 27.7. The number of carboxylic acid groups (broad SMARTS) is 1. The predicted octanol–water partition coefficient (Wildman–Crippen LogP) is 4.39. The van der Waals surface area contributed by atoms with Crippen LogP contribution >= 0.6 is 15.9 Å². The molecule has 0 aliphatic rings. The van der Waals surface area contributed by atoms with Gasteiger partial charge in [-0.15, -0.1) is 0 Å². The van der Waals surface area contributed by atoms with Crippen molar-refractivity contribution in [3.05, 3.63) is 58.1 Å². The molecule has 0 aromatic heterocycles. The number of benzene rings is 2. The third kappa shape index (κ3) is 4.76. The monoisotopic (exact) mass is 398 g/mol. The highest BCUT2D eigenvalue weighted by molar-refractivity contribution is 9.10. The van der Waals surface area contributed by atoms with Gasteiger partial charge in [-0.25, -0.2) is 13.6 Å². The smallest absolute Gasteiger partial charge is 0.323 e. The number of amides is 2. The molecule has 5 nitrogen and oxygen atoms in total. The van der Waals surface area contributed by atoms with Crippen LogP contribution < -0.4 is 10.6 Å². The average molecular weight is 399 g/mol. The van der Waals surface area contributed by atoms with E-state index in [0.29, 0.717) is 11.3 Å². The molecular formula is C16H13BrF2N2O3. The quantitative estimate of drug-likeness (QED) is 0.698. The van der Waals surface area contributed by atoms with E-state index in [0.717, 1.165) is 12.1 Å². The van der Waals surface area contributed by atoms with E-state index in [-0.39, 0.29) is 17.3 Å². The molecule has 0 spiro atoms. The summed E-state index contributed by atoms with van der Waals surface area (Å²) in [6.07, 6.45) is 0.114. The van der Waals surface area contributed by atoms with Gasteiger partial charge in [0.1, 0.15) is 5.69 Å². The minimum Gasteiger partial charge on any atom is -0.481 e. The van der Waals surface area contributed by atoms with Gasteiger partial charge in [-0.1, -0.05) is 34.1 Å². The van der Waals surface area contributed by atoms with E-state index < -0.39 is 29.3 Å². The lowest BCUT2D eigenvalue weighted by molar-refractivity contribution is -0.136. The van der Waals surface area contributed by atoms with Gasteiger partial charge < -0.3 is 15.7 Å². The van der Waals surface area contributed by atoms with Crippen molar-refractivity contribution in [1.82, 2.24) is 0 Å². The maximum absolute atomic E-state index is 13.7. The van der Waals surface area contributed by atoms with Crippen LogP contribution in [0.2, 0.25) is 0 Å². The normalized spacial score (nSPS) is 10.3. The van der Waals surface area contributed by atoms with Crippen LogP contribution in [0.5, 0.6) is 0 Å². The molecule has 0 saturated carbocycles. The lowest BCUT2D eigenvalue weighted by Crippen LogP contribution is -2.21. The molecule has 0 unspecified atom stereocenters. The van der Waals surface area contributed by atoms with Crippen LogP contribution in [0.4, 0.5) is 25.0 Å². The van der Waals surface area contributed by atoms with Gasteiger partial charge in [-0.05, 0) is 30.2 Å². The van der Waals surface area contributed by atoms with Crippen molar-refractivity contribution in [2.24, 2.45) is 0 Å². The number of urea groups is 1. The number of para-hydroxylation sites is 1. The largest absolute Gasteiger partial charge is 0.481 e. The number of hydrogen-bond donors (Lipinski definition) is 3. The summed E-state index contributed by atoms with van der Waals surface area (Å²) in [7, 11) is 0. The van der Waals surface area contributed by atoms with Gasteiger partial charge in [0.05, 0.1) is 0 Å². The summed E-state index contributed by atoms with van der Waals surface area (Å²) in [4.78, 5) is 22.6. The van der Waals surface area contributed by atoms with Crippen molar-refractivity contribution in [2.45, 2.75) is 12.8 Å². The number of hydrogen-bond acceptors (Lipinski definition) is 2. The Kier molecular flexibility index (Phi) is 5.86. The average Bonchev–Trinajstić information content (AvgIpc) is 2.50. The molecule has 2 amide bonds. The lowest BCUT2D eigenvalue weighted by atomic mass is 10.1. The van der Waals surface area contributed by atoms with Crippen molar-refractivity contribution < 1.29 is 23.5 Å². The van der Waals surface area contributed by atoms with Gasteiger partial charge in [-0.2, -0.15) is 0 Å². The van der Waals surface area contributed by atoms with Crippen LogP contribution in [0.15, 0.2) is 40.9 Å². The van der Waals surface area contributed by atoms with E-state index in [1.54, 1.807) is 24.3 Å². The lowest BCUT2D eigenvalue weighted by Gasteiger charge is -2.12. The Morgan fingerprint density at radius 1 is 1.08 bits per heavy atom. The Balaban J connectivity index is 2.12. The zero-order chi connectivity index (χ0) is 17.7. The molecule has 8 heteroatoms. The third-order valence-corrected chi connectivity index (χ3v) is 3.58. The van der Waals surface area contributed by atoms with Crippen LogP contribution in [0.3, 0.4) is 0 Å². The van der Waals surface area contributed by atoms with Crippen molar-refractivity contribution >= 4 is 39.3 Å². The second kappa shape index (κ2) is 7.87. The molecule has 126 valence electrons. The molecule has 0 aliphatic carbocycles. The van der Waals surface area contributed by atoms with Gasteiger partial charge in [0.2, 0.25) is 0 Å². The zero-order valence-corrected chi connectivity index (χ0v) is 13.9. The van der Waals surface area contributed by atoms with E-state index in [4.69, 9.17) is 5.11 Å². The summed E-state index contributed by atoms with van der Waals surface area (Å²) in [5.74, 6) is -2.80. The van der Waals surface area contributed by atoms with Crippen molar-refractivity contribution in [3.8, 4) is 0 Å². The Hall–Kier alpha value is -2.48. The molecular weight excluding hydrogens is 386 g/mol. The maximum Gasteiger partial charge on any atom is 0.323 e. The van der Waals surface area contributed by atoms with Gasteiger partial charge in [-0.3, -0.25) is 4.79 Å². The van der Waals surface area contributed by atoms with Crippen LogP contribution in [0, 0.1) is 11.6 Å². The molecule has 2 aromatic carbocycles. The predicted molar refractivity (Wildman–Crippen MR) is 89.1 cm³/mol. The number of aliphatic carboxylic acids is 1. The SMILES string of the molecule is O=C(O)CCc1ccccc1NC(=O)Nc1c(F)cc(Br)cc1F. The molecule has 3 N–H and O–H groups in total. The van der Waals surface area contributed by atoms with E-state index >= 15 is 0 Å². The first kappa shape index (κ1) is 17.9. The fourth-order valence-electron chi connectivity index (χ4n) is 2.03. The fraction of sp³-hybridized carbons (Fsp3) is 0.125. The van der Waals surface area contributed by atoms with Crippen molar-refractivity contribution in [3.63, 3.8) is 0 Å². The molecule has 2 rings (SSSR count). The van der Waals surface area contributed by atoms with Gasteiger partial charge in [0.15, 0.2) is 11.6 Å². The maximum atomic E-state index is 13.7. The summed E-state index contributed by atoms with van der Waals surface area (Å²) in [6.45, 7) is 0. The van der Waals surface area contributed by atoms with E-state index in [2.05, 4.69) is 26.6 Å². The molecule has 0 heterocycles. The highest BCUT2D eigenvalue weighted by Crippen LogP contribution is 2.24. The summed E-state index contributed by atoms with van der Waals surface area (Å²) in [5, 5.41) is 13.3. The first-order valence-electron chi connectivity index (χ1n) is 6.89. The zero-order valence-electron chi connectivity index (χ0n) is 12.3. The fourth-order valence-corrected chi connectivity index (χ4v) is 2.43. The molecule has 24 heavy (non-hydrogen) atoms. The highest BCUT2D eigenvalue weighted by atomic mass is 79.9. The number of nitrogens with one attached hydrogen (secondary N) is 2. The van der Waals surface area contributed by atoms with Crippen LogP contribution in [-0.2, 0) is 11.2 Å². The number of halogens is 3. The topological polar surface area (TPSA) is 78.4 Å². The van der Waals surface area contributed by atoms with Crippen LogP contribution in [-0.4, -0.2) is 17.1 Å². The van der Waals surface area contributed by atoms with Gasteiger partial charge in [0.25, 0.3) is 0 Å². The molecule has 0 radical (unpaired) electrons. The summed E-state index contributed by atoms with van der Waals surface area (Å²) >= 11 is 2.95.